The molecule has 0 radical (unpaired) electrons. The van der Waals surface area contributed by atoms with Gasteiger partial charge in [-0.3, -0.25) is 14.5 Å². The van der Waals surface area contributed by atoms with Gasteiger partial charge in [0.2, 0.25) is 0 Å². The highest BCUT2D eigenvalue weighted by atomic mass is 32.1. The molecule has 2 aromatic carbocycles. The van der Waals surface area contributed by atoms with Crippen LogP contribution in [0.1, 0.15) is 72.2 Å². The van der Waals surface area contributed by atoms with Crippen molar-refractivity contribution in [3.8, 4) is 17.2 Å². The summed E-state index contributed by atoms with van der Waals surface area (Å²) in [5.74, 6) is -0.966. The molecule has 2 aliphatic heterocycles. The SMILES string of the molecule is CCCOc1ccc([C@H]2C(=C(O)c3ccc4c(c3)C[C@@H](C)O4)C(=O)C(=O)N2c2nc(C)c(C(=O)OCC)s2)cc1OCC. The van der Waals surface area contributed by atoms with Crippen molar-refractivity contribution >= 4 is 39.9 Å². The number of anilines is 1. The highest BCUT2D eigenvalue weighted by Crippen LogP contribution is 2.46. The van der Waals surface area contributed by atoms with Crippen LogP contribution in [0.4, 0.5) is 5.13 Å². The maximum absolute atomic E-state index is 13.7. The van der Waals surface area contributed by atoms with Gasteiger partial charge in [-0.2, -0.15) is 0 Å². The Balaban J connectivity index is 1.68. The molecule has 0 unspecified atom stereocenters. The molecule has 1 fully saturated rings. The van der Waals surface area contributed by atoms with Gasteiger partial charge in [0, 0.05) is 12.0 Å². The number of rotatable bonds is 10. The van der Waals surface area contributed by atoms with Gasteiger partial charge in [-0.1, -0.05) is 24.3 Å². The number of nitrogens with zero attached hydrogens (tertiary/aromatic N) is 2. The van der Waals surface area contributed by atoms with Crippen LogP contribution in [0.5, 0.6) is 17.2 Å². The fourth-order valence-corrected chi connectivity index (χ4v) is 6.22. The zero-order valence-electron chi connectivity index (χ0n) is 24.8. The summed E-state index contributed by atoms with van der Waals surface area (Å²) in [6.07, 6.45) is 1.44. The zero-order chi connectivity index (χ0) is 30.8. The lowest BCUT2D eigenvalue weighted by atomic mass is 9.94. The van der Waals surface area contributed by atoms with Crippen molar-refractivity contribution in [2.24, 2.45) is 0 Å². The fourth-order valence-electron chi connectivity index (χ4n) is 5.24. The normalized spacial score (nSPS) is 18.9. The number of benzene rings is 2. The third-order valence-corrected chi connectivity index (χ3v) is 8.25. The minimum absolute atomic E-state index is 0.00913. The van der Waals surface area contributed by atoms with Crippen LogP contribution in [-0.4, -0.2) is 53.7 Å². The Morgan fingerprint density at radius 2 is 1.88 bits per heavy atom. The number of ether oxygens (including phenoxy) is 4. The molecule has 5 rings (SSSR count). The van der Waals surface area contributed by atoms with Crippen LogP contribution in [0.15, 0.2) is 42.0 Å². The van der Waals surface area contributed by atoms with E-state index in [9.17, 15) is 19.5 Å². The van der Waals surface area contributed by atoms with Crippen molar-refractivity contribution in [3.05, 3.63) is 69.2 Å². The monoisotopic (exact) mass is 606 g/mol. The predicted molar refractivity (Wildman–Crippen MR) is 161 cm³/mol. The first-order chi connectivity index (χ1) is 20.7. The average Bonchev–Trinajstić information content (AvgIpc) is 3.63. The largest absolute Gasteiger partial charge is 0.507 e. The molecule has 11 heteroatoms. The molecule has 43 heavy (non-hydrogen) atoms. The van der Waals surface area contributed by atoms with Crippen LogP contribution in [0, 0.1) is 6.92 Å². The molecule has 0 saturated carbocycles. The summed E-state index contributed by atoms with van der Waals surface area (Å²) in [5, 5.41) is 11.8. The van der Waals surface area contributed by atoms with Gasteiger partial charge in [0.1, 0.15) is 22.5 Å². The number of carbonyl (C=O) groups excluding carboxylic acids is 3. The number of carbonyl (C=O) groups is 3. The minimum Gasteiger partial charge on any atom is -0.507 e. The van der Waals surface area contributed by atoms with E-state index >= 15 is 0 Å². The fraction of sp³-hybridized carbons (Fsp3) is 0.375. The number of aliphatic hydroxyl groups excluding tert-OH is 1. The number of esters is 1. The Morgan fingerprint density at radius 3 is 2.60 bits per heavy atom. The summed E-state index contributed by atoms with van der Waals surface area (Å²) in [6.45, 7) is 10.1. The molecular formula is C32H34N2O8S. The van der Waals surface area contributed by atoms with Crippen molar-refractivity contribution in [1.82, 2.24) is 4.98 Å². The molecule has 1 N–H and O–H groups in total. The molecule has 2 atom stereocenters. The van der Waals surface area contributed by atoms with Gasteiger partial charge in [0.15, 0.2) is 16.6 Å². The Kier molecular flexibility index (Phi) is 8.72. The zero-order valence-corrected chi connectivity index (χ0v) is 25.6. The van der Waals surface area contributed by atoms with E-state index in [1.165, 1.54) is 4.90 Å². The second-order valence-electron chi connectivity index (χ2n) is 10.2. The highest BCUT2D eigenvalue weighted by molar-refractivity contribution is 7.17. The first kappa shape index (κ1) is 30.1. The molecule has 1 aromatic heterocycles. The molecule has 1 amide bonds. The van der Waals surface area contributed by atoms with E-state index in [4.69, 9.17) is 18.9 Å². The lowest BCUT2D eigenvalue weighted by Gasteiger charge is -2.24. The van der Waals surface area contributed by atoms with Gasteiger partial charge in [-0.25, -0.2) is 9.78 Å². The van der Waals surface area contributed by atoms with Crippen molar-refractivity contribution in [1.29, 1.82) is 0 Å². The molecule has 0 bridgehead atoms. The lowest BCUT2D eigenvalue weighted by molar-refractivity contribution is -0.132. The van der Waals surface area contributed by atoms with Gasteiger partial charge >= 0.3 is 11.9 Å². The van der Waals surface area contributed by atoms with Gasteiger partial charge in [-0.05, 0) is 75.6 Å². The number of Topliss-reactive ketones (excluding diaryl/α,β-unsaturated/α-hetero) is 1. The van der Waals surface area contributed by atoms with E-state index in [0.717, 1.165) is 29.1 Å². The number of hydrogen-bond acceptors (Lipinski definition) is 10. The molecule has 3 heterocycles. The second kappa shape index (κ2) is 12.5. The van der Waals surface area contributed by atoms with Crippen LogP contribution in [0.3, 0.4) is 0 Å². The third kappa shape index (κ3) is 5.69. The Morgan fingerprint density at radius 1 is 1.09 bits per heavy atom. The van der Waals surface area contributed by atoms with Gasteiger partial charge in [0.05, 0.1) is 37.1 Å². The maximum Gasteiger partial charge on any atom is 0.350 e. The highest BCUT2D eigenvalue weighted by Gasteiger charge is 2.49. The van der Waals surface area contributed by atoms with E-state index in [1.807, 2.05) is 20.8 Å². The maximum atomic E-state index is 13.7. The minimum atomic E-state index is -1.07. The third-order valence-electron chi connectivity index (χ3n) is 7.11. The Labute approximate surface area is 253 Å². The summed E-state index contributed by atoms with van der Waals surface area (Å²) in [6, 6.07) is 9.28. The first-order valence-electron chi connectivity index (χ1n) is 14.3. The molecule has 0 aliphatic carbocycles. The Bertz CT molecular complexity index is 1610. The van der Waals surface area contributed by atoms with Crippen molar-refractivity contribution < 1.29 is 38.4 Å². The molecule has 2 aliphatic rings. The number of ketones is 1. The van der Waals surface area contributed by atoms with Gasteiger partial charge in [0.25, 0.3) is 5.78 Å². The summed E-state index contributed by atoms with van der Waals surface area (Å²) >= 11 is 0.954. The van der Waals surface area contributed by atoms with Crippen LogP contribution in [0.2, 0.25) is 0 Å². The lowest BCUT2D eigenvalue weighted by Crippen LogP contribution is -2.29. The van der Waals surface area contributed by atoms with E-state index < -0.39 is 23.7 Å². The van der Waals surface area contributed by atoms with Crippen LogP contribution >= 0.6 is 11.3 Å². The number of aliphatic hydroxyl groups is 1. The summed E-state index contributed by atoms with van der Waals surface area (Å²) in [7, 11) is 0. The van der Waals surface area contributed by atoms with E-state index in [0.29, 0.717) is 48.0 Å². The Hall–Kier alpha value is -4.38. The summed E-state index contributed by atoms with van der Waals surface area (Å²) in [5.41, 5.74) is 2.04. The van der Waals surface area contributed by atoms with Crippen molar-refractivity contribution in [2.75, 3.05) is 24.7 Å². The van der Waals surface area contributed by atoms with E-state index in [2.05, 4.69) is 4.98 Å². The first-order valence-corrected chi connectivity index (χ1v) is 15.1. The standard InChI is InChI=1S/C32H34N2O8S/c1-6-13-41-23-12-9-19(16-24(23)39-7-2)26-25(27(35)20-10-11-22-21(15-20)14-17(4)42-22)28(36)30(37)34(26)32-33-18(5)29(43-32)31(38)40-8-3/h9-12,15-17,26,35H,6-8,13-14H2,1-5H3/t17-,26+/m1/s1. The second-order valence-corrected chi connectivity index (χ2v) is 11.2. The van der Waals surface area contributed by atoms with E-state index in [-0.39, 0.29) is 34.1 Å². The molecular weight excluding hydrogens is 572 g/mol. The molecule has 3 aromatic rings. The van der Waals surface area contributed by atoms with Crippen LogP contribution in [0.25, 0.3) is 5.76 Å². The summed E-state index contributed by atoms with van der Waals surface area (Å²) in [4.78, 5) is 46.0. The number of amides is 1. The van der Waals surface area contributed by atoms with Crippen LogP contribution < -0.4 is 19.1 Å². The number of aromatic nitrogens is 1. The number of thiazole rings is 1. The van der Waals surface area contributed by atoms with Gasteiger partial charge < -0.3 is 24.1 Å². The van der Waals surface area contributed by atoms with Crippen molar-refractivity contribution in [2.45, 2.75) is 59.6 Å². The van der Waals surface area contributed by atoms with Crippen LogP contribution in [-0.2, 0) is 20.7 Å². The molecule has 1 saturated heterocycles. The van der Waals surface area contributed by atoms with Crippen molar-refractivity contribution in [3.63, 3.8) is 0 Å². The quantitative estimate of drug-likeness (QED) is 0.133. The smallest absolute Gasteiger partial charge is 0.350 e. The van der Waals surface area contributed by atoms with Gasteiger partial charge in [-0.15, -0.1) is 0 Å². The summed E-state index contributed by atoms with van der Waals surface area (Å²) < 4.78 is 22.7. The molecule has 226 valence electrons. The number of hydrogen-bond donors (Lipinski definition) is 1. The topological polar surface area (TPSA) is 124 Å². The van der Waals surface area contributed by atoms with E-state index in [1.54, 1.807) is 50.2 Å². The molecule has 0 spiro atoms. The molecule has 10 nitrogen and oxygen atoms in total. The number of fused-ring (bicyclic) bond motifs is 1. The average molecular weight is 607 g/mol. The number of aryl methyl sites for hydroxylation is 1. The predicted octanol–water partition coefficient (Wildman–Crippen LogP) is 5.77.